The Morgan fingerprint density at radius 2 is 2.20 bits per heavy atom. The summed E-state index contributed by atoms with van der Waals surface area (Å²) in [6, 6.07) is 1.16. The van der Waals surface area contributed by atoms with Crippen LogP contribution in [-0.4, -0.2) is 15.6 Å². The van der Waals surface area contributed by atoms with Crippen LogP contribution in [0.1, 0.15) is 43.2 Å². The van der Waals surface area contributed by atoms with Crippen LogP contribution in [0.15, 0.2) is 0 Å². The Morgan fingerprint density at radius 3 is 2.93 bits per heavy atom. The Labute approximate surface area is 94.8 Å². The highest BCUT2D eigenvalue weighted by molar-refractivity contribution is 6.30. The predicted octanol–water partition coefficient (Wildman–Crippen LogP) is 2.43. The molecule has 1 unspecified atom stereocenters. The molecule has 1 fully saturated rings. The summed E-state index contributed by atoms with van der Waals surface area (Å²) >= 11 is 6.19. The molecule has 0 spiro atoms. The van der Waals surface area contributed by atoms with Crippen LogP contribution in [0.25, 0.3) is 0 Å². The van der Waals surface area contributed by atoms with Crippen molar-refractivity contribution in [2.45, 2.75) is 51.2 Å². The van der Waals surface area contributed by atoms with Crippen LogP contribution in [0.5, 0.6) is 0 Å². The van der Waals surface area contributed by atoms with Gasteiger partial charge >= 0.3 is 0 Å². The first-order chi connectivity index (χ1) is 7.25. The molecule has 2 heterocycles. The van der Waals surface area contributed by atoms with Crippen molar-refractivity contribution < 1.29 is 0 Å². The van der Waals surface area contributed by atoms with E-state index in [2.05, 4.69) is 14.9 Å². The summed E-state index contributed by atoms with van der Waals surface area (Å²) < 4.78 is 2.27. The van der Waals surface area contributed by atoms with Crippen LogP contribution in [-0.2, 0) is 6.54 Å². The van der Waals surface area contributed by atoms with E-state index < -0.39 is 0 Å². The smallest absolute Gasteiger partial charge is 0.152 e. The minimum absolute atomic E-state index is 0.431. The number of hydrogen-bond acceptors (Lipinski definition) is 2. The second kappa shape index (κ2) is 3.49. The molecule has 0 amide bonds. The maximum Gasteiger partial charge on any atom is 0.152 e. The first-order valence-corrected chi connectivity index (χ1v) is 6.12. The van der Waals surface area contributed by atoms with E-state index in [4.69, 9.17) is 11.6 Å². The number of rotatable bonds is 2. The molecule has 1 aliphatic heterocycles. The van der Waals surface area contributed by atoms with Gasteiger partial charge in [-0.15, -0.1) is 0 Å². The van der Waals surface area contributed by atoms with Crippen molar-refractivity contribution in [2.75, 3.05) is 0 Å². The minimum Gasteiger partial charge on any atom is -0.330 e. The highest BCUT2D eigenvalue weighted by atomic mass is 35.5. The molecule has 0 aromatic carbocycles. The van der Waals surface area contributed by atoms with E-state index in [1.54, 1.807) is 0 Å². The summed E-state index contributed by atoms with van der Waals surface area (Å²) in [5.41, 5.74) is 1.22. The molecular formula is C11H16ClN3. The maximum absolute atomic E-state index is 6.19. The molecule has 82 valence electrons. The van der Waals surface area contributed by atoms with Gasteiger partial charge in [-0.2, -0.15) is 0 Å². The zero-order chi connectivity index (χ0) is 10.4. The van der Waals surface area contributed by atoms with Gasteiger partial charge in [-0.1, -0.05) is 11.6 Å². The minimum atomic E-state index is 0.431. The average Bonchev–Trinajstić information content (AvgIpc) is 2.96. The Hall–Kier alpha value is -0.540. The number of halogens is 1. The van der Waals surface area contributed by atoms with Gasteiger partial charge in [0.05, 0.1) is 11.7 Å². The van der Waals surface area contributed by atoms with Gasteiger partial charge in [0.2, 0.25) is 0 Å². The number of hydrogen-bond donors (Lipinski definition) is 1. The van der Waals surface area contributed by atoms with E-state index >= 15 is 0 Å². The summed E-state index contributed by atoms with van der Waals surface area (Å²) in [5.74, 6) is 1.05. The lowest BCUT2D eigenvalue weighted by molar-refractivity contribution is 0.390. The van der Waals surface area contributed by atoms with Crippen molar-refractivity contribution in [1.29, 1.82) is 0 Å². The van der Waals surface area contributed by atoms with Crippen molar-refractivity contribution >= 4 is 11.6 Å². The summed E-state index contributed by atoms with van der Waals surface area (Å²) in [7, 11) is 0. The zero-order valence-electron chi connectivity index (χ0n) is 8.96. The molecule has 1 aromatic heterocycles. The molecule has 0 saturated heterocycles. The fraction of sp³-hybridized carbons (Fsp3) is 0.727. The van der Waals surface area contributed by atoms with E-state index in [1.807, 2.05) is 6.92 Å². The Kier molecular flexibility index (Phi) is 2.25. The predicted molar refractivity (Wildman–Crippen MR) is 60.1 cm³/mol. The highest BCUT2D eigenvalue weighted by Gasteiger charge is 2.31. The molecule has 1 aliphatic carbocycles. The van der Waals surface area contributed by atoms with Crippen LogP contribution in [0.4, 0.5) is 0 Å². The van der Waals surface area contributed by atoms with Gasteiger partial charge in [0.25, 0.3) is 0 Å². The Bertz CT molecular complexity index is 381. The fourth-order valence-electron chi connectivity index (χ4n) is 2.45. The molecule has 15 heavy (non-hydrogen) atoms. The standard InChI is InChI=1S/C11H16ClN3/c1-7-13-11(12)10-9(14-8-4-5-8)3-2-6-15(7)10/h8-9,14H,2-6H2,1H3. The van der Waals surface area contributed by atoms with Crippen molar-refractivity contribution in [3.63, 3.8) is 0 Å². The van der Waals surface area contributed by atoms with Crippen LogP contribution in [0, 0.1) is 6.92 Å². The molecule has 0 radical (unpaired) electrons. The number of fused-ring (bicyclic) bond motifs is 1. The molecule has 2 aliphatic rings. The maximum atomic E-state index is 6.19. The molecular weight excluding hydrogens is 210 g/mol. The summed E-state index contributed by atoms with van der Waals surface area (Å²) in [6.45, 7) is 3.11. The van der Waals surface area contributed by atoms with Crippen LogP contribution >= 0.6 is 11.6 Å². The third kappa shape index (κ3) is 1.68. The SMILES string of the molecule is Cc1nc(Cl)c2n1CCCC2NC1CC1. The third-order valence-electron chi connectivity index (χ3n) is 3.37. The molecule has 3 rings (SSSR count). The van der Waals surface area contributed by atoms with Gasteiger partial charge in [-0.05, 0) is 32.6 Å². The lowest BCUT2D eigenvalue weighted by atomic mass is 10.0. The second-order valence-electron chi connectivity index (χ2n) is 4.62. The summed E-state index contributed by atoms with van der Waals surface area (Å²) in [6.07, 6.45) is 5.06. The van der Waals surface area contributed by atoms with Gasteiger partial charge in [0, 0.05) is 12.6 Å². The van der Waals surface area contributed by atoms with Gasteiger partial charge < -0.3 is 9.88 Å². The second-order valence-corrected chi connectivity index (χ2v) is 4.98. The number of nitrogens with one attached hydrogen (secondary N) is 1. The van der Waals surface area contributed by atoms with Crippen molar-refractivity contribution in [1.82, 2.24) is 14.9 Å². The van der Waals surface area contributed by atoms with Crippen molar-refractivity contribution in [3.05, 3.63) is 16.7 Å². The number of aromatic nitrogens is 2. The van der Waals surface area contributed by atoms with E-state index in [0.29, 0.717) is 11.2 Å². The van der Waals surface area contributed by atoms with Crippen molar-refractivity contribution in [3.8, 4) is 0 Å². The number of imidazole rings is 1. The van der Waals surface area contributed by atoms with Gasteiger partial charge in [0.1, 0.15) is 5.82 Å². The first kappa shape index (κ1) is 9.67. The molecule has 1 saturated carbocycles. The molecule has 4 heteroatoms. The zero-order valence-corrected chi connectivity index (χ0v) is 9.72. The molecule has 1 atom stereocenters. The lowest BCUT2D eigenvalue weighted by Crippen LogP contribution is -2.29. The van der Waals surface area contributed by atoms with E-state index in [-0.39, 0.29) is 0 Å². The van der Waals surface area contributed by atoms with Gasteiger partial charge in [0.15, 0.2) is 5.15 Å². The van der Waals surface area contributed by atoms with Crippen LogP contribution in [0.3, 0.4) is 0 Å². The van der Waals surface area contributed by atoms with Gasteiger partial charge in [-0.25, -0.2) is 4.98 Å². The third-order valence-corrected chi connectivity index (χ3v) is 3.65. The Morgan fingerprint density at radius 1 is 1.40 bits per heavy atom. The largest absolute Gasteiger partial charge is 0.330 e. The molecule has 0 bridgehead atoms. The highest BCUT2D eigenvalue weighted by Crippen LogP contribution is 2.34. The van der Waals surface area contributed by atoms with Crippen LogP contribution in [0.2, 0.25) is 5.15 Å². The van der Waals surface area contributed by atoms with Gasteiger partial charge in [-0.3, -0.25) is 0 Å². The topological polar surface area (TPSA) is 29.9 Å². The Balaban J connectivity index is 1.93. The molecule has 3 nitrogen and oxygen atoms in total. The number of nitrogens with zero attached hydrogens (tertiary/aromatic N) is 2. The first-order valence-electron chi connectivity index (χ1n) is 5.74. The van der Waals surface area contributed by atoms with E-state index in [1.165, 1.54) is 31.4 Å². The monoisotopic (exact) mass is 225 g/mol. The normalized spacial score (nSPS) is 25.3. The fourth-order valence-corrected chi connectivity index (χ4v) is 2.80. The average molecular weight is 226 g/mol. The molecule has 1 aromatic rings. The van der Waals surface area contributed by atoms with Crippen LogP contribution < -0.4 is 5.32 Å². The quantitative estimate of drug-likeness (QED) is 0.838. The summed E-state index contributed by atoms with van der Waals surface area (Å²) in [4.78, 5) is 4.36. The lowest BCUT2D eigenvalue weighted by Gasteiger charge is -2.26. The van der Waals surface area contributed by atoms with E-state index in [9.17, 15) is 0 Å². The van der Waals surface area contributed by atoms with E-state index in [0.717, 1.165) is 18.4 Å². The summed E-state index contributed by atoms with van der Waals surface area (Å²) in [5, 5.41) is 4.36. The van der Waals surface area contributed by atoms with Crippen molar-refractivity contribution in [2.24, 2.45) is 0 Å². The number of aryl methyl sites for hydroxylation is 1. The molecule has 1 N–H and O–H groups in total.